The fraction of sp³-hybridized carbons (Fsp3) is 0. The van der Waals surface area contributed by atoms with Crippen molar-refractivity contribution in [2.24, 2.45) is 0 Å². The molecule has 0 unspecified atom stereocenters. The molecule has 0 spiro atoms. The smallest absolute Gasteiger partial charge is 1.00 e. The van der Waals surface area contributed by atoms with Crippen molar-refractivity contribution in [1.82, 2.24) is 6.15 Å². The minimum absolute atomic E-state index is 0. The Kier molecular flexibility index (Phi) is 23.3. The zero-order valence-corrected chi connectivity index (χ0v) is 8.03. The van der Waals surface area contributed by atoms with Gasteiger partial charge in [-0.15, -0.1) is 0 Å². The Hall–Kier alpha value is 1.12. The van der Waals surface area contributed by atoms with Crippen LogP contribution in [0.3, 0.4) is 0 Å². The molecule has 0 heterocycles. The van der Waals surface area contributed by atoms with Crippen LogP contribution in [0.25, 0.3) is 0 Å². The zero-order chi connectivity index (χ0) is 4.50. The van der Waals surface area contributed by atoms with E-state index in [2.05, 4.69) is 0 Å². The maximum absolute atomic E-state index is 8.63. The second-order valence-electron chi connectivity index (χ2n) is 0.428. The third kappa shape index (κ3) is 213. The van der Waals surface area contributed by atoms with Gasteiger partial charge >= 0.3 is 29.6 Å². The van der Waals surface area contributed by atoms with Gasteiger partial charge in [-0.1, -0.05) is 0 Å². The van der Waals surface area contributed by atoms with E-state index < -0.39 is 10.4 Å². The van der Waals surface area contributed by atoms with E-state index in [9.17, 15) is 0 Å². The molecule has 0 amide bonds. The van der Waals surface area contributed by atoms with Crippen molar-refractivity contribution < 1.29 is 59.5 Å². The van der Waals surface area contributed by atoms with Gasteiger partial charge in [0.2, 0.25) is 10.4 Å². The molecule has 0 aliphatic heterocycles. The molecule has 0 bridgehead atoms. The third-order valence-electron chi connectivity index (χ3n) is 0. The molecule has 5 N–H and O–H groups in total. The maximum atomic E-state index is 8.63. The predicted molar refractivity (Wildman–Crippen MR) is 18.3 cm³/mol. The topological polar surface area (TPSA) is 114 Å². The Labute approximate surface area is 75.7 Å². The molecule has 0 aromatic heterocycles. The fourth-order valence-corrected chi connectivity index (χ4v) is 0. The van der Waals surface area contributed by atoms with Gasteiger partial charge in [0.25, 0.3) is 0 Å². The van der Waals surface area contributed by atoms with Crippen LogP contribution in [0.2, 0.25) is 0 Å². The van der Waals surface area contributed by atoms with E-state index in [0.717, 1.165) is 0 Å². The van der Waals surface area contributed by atoms with Crippen LogP contribution >= 0.6 is 0 Å². The average Bonchev–Trinajstić information content (AvgIpc) is 0.722. The molecule has 0 atom stereocenters. The molecular weight excluding hydrogens is 169 g/mol. The summed E-state index contributed by atoms with van der Waals surface area (Å²) in [6.07, 6.45) is 0. The Morgan fingerprint density at radius 2 is 1.38 bits per heavy atom. The molecule has 0 aromatic rings. The average molecular weight is 174 g/mol. The monoisotopic (exact) mass is 173 g/mol. The van der Waals surface area contributed by atoms with Crippen molar-refractivity contribution in [2.45, 2.75) is 0 Å². The molecule has 0 aliphatic rings. The number of rotatable bonds is 0. The van der Waals surface area contributed by atoms with Crippen LogP contribution in [0.5, 0.6) is 0 Å². The molecule has 0 saturated carbocycles. The number of quaternary nitrogens is 1. The van der Waals surface area contributed by atoms with Gasteiger partial charge in [0.05, 0.1) is 0 Å². The van der Waals surface area contributed by atoms with E-state index in [1.165, 1.54) is 0 Å². The first-order valence-corrected chi connectivity index (χ1v) is 2.05. The number of hydrogen-bond acceptors (Lipinski definition) is 3. The van der Waals surface area contributed by atoms with Crippen molar-refractivity contribution in [3.05, 3.63) is 0 Å². The van der Waals surface area contributed by atoms with E-state index in [1.54, 1.807) is 0 Å². The first kappa shape index (κ1) is 22.9. The third-order valence-corrected chi connectivity index (χ3v) is 0. The standard InChI is InChI=1S/ClH.H3N.Na.H2O4S/c;;;1-5(2,3)4/h1H;1H3;;(H2,1,2,3,4)/q;;+1;/p-1. The Balaban J connectivity index is -0.0000000267. The van der Waals surface area contributed by atoms with Crippen LogP contribution in [0.15, 0.2) is 0 Å². The molecule has 0 rings (SSSR count). The molecule has 0 radical (unpaired) electrons. The summed E-state index contributed by atoms with van der Waals surface area (Å²) in [5, 5.41) is 0. The van der Waals surface area contributed by atoms with Gasteiger partial charge in [-0.25, -0.2) is 8.42 Å². The predicted octanol–water partition coefficient (Wildman–Crippen LogP) is -6.61. The van der Waals surface area contributed by atoms with Crippen molar-refractivity contribution in [3.8, 4) is 0 Å². The minimum Gasteiger partial charge on any atom is -1.00 e. The number of halogens is 1. The van der Waals surface area contributed by atoms with Crippen LogP contribution in [0.1, 0.15) is 0 Å². The van der Waals surface area contributed by atoms with Gasteiger partial charge < -0.3 is 23.1 Å². The molecule has 0 aromatic carbocycles. The Morgan fingerprint density at radius 1 is 1.38 bits per heavy atom. The minimum atomic E-state index is -4.92. The maximum Gasteiger partial charge on any atom is 1.00 e. The summed E-state index contributed by atoms with van der Waals surface area (Å²) >= 11 is 0. The number of hydrogen-bond donors (Lipinski definition) is 2. The Morgan fingerprint density at radius 3 is 1.38 bits per heavy atom. The second kappa shape index (κ2) is 8.12. The van der Waals surface area contributed by atoms with Gasteiger partial charge in [-0.2, -0.15) is 0 Å². The van der Waals surface area contributed by atoms with E-state index in [-0.39, 0.29) is 48.1 Å². The van der Waals surface area contributed by atoms with E-state index >= 15 is 0 Å². The fourth-order valence-electron chi connectivity index (χ4n) is 0. The van der Waals surface area contributed by atoms with Crippen LogP contribution in [0.4, 0.5) is 0 Å². The summed E-state index contributed by atoms with van der Waals surface area (Å²) in [4.78, 5) is 0. The molecule has 8 heavy (non-hydrogen) atoms. The van der Waals surface area contributed by atoms with Gasteiger partial charge in [0.1, 0.15) is 0 Å². The molecule has 0 saturated heterocycles. The Bertz CT molecular complexity index is 99.2. The summed E-state index contributed by atoms with van der Waals surface area (Å²) in [7, 11) is -4.92. The van der Waals surface area contributed by atoms with Crippen molar-refractivity contribution >= 4 is 10.4 Å². The molecule has 0 fully saturated rings. The zero-order valence-electron chi connectivity index (χ0n) is 4.46. The van der Waals surface area contributed by atoms with Crippen LogP contribution in [-0.2, 0) is 10.4 Å². The van der Waals surface area contributed by atoms with Crippen molar-refractivity contribution in [2.75, 3.05) is 0 Å². The van der Waals surface area contributed by atoms with Gasteiger partial charge in [0, 0.05) is 0 Å². The molecular formula is H5ClNNaO4S. The molecule has 0 aliphatic carbocycles. The summed E-state index contributed by atoms with van der Waals surface area (Å²) < 4.78 is 32.8. The van der Waals surface area contributed by atoms with Gasteiger partial charge in [0.15, 0.2) is 0 Å². The SMILES string of the molecule is O=S(=O)([O-])O.[Cl-].[NH4+].[Na+]. The van der Waals surface area contributed by atoms with Crippen LogP contribution < -0.4 is 48.1 Å². The molecule has 48 valence electrons. The normalized spacial score (nSPS) is 7.25. The van der Waals surface area contributed by atoms with Crippen LogP contribution in [-0.4, -0.2) is 17.5 Å². The van der Waals surface area contributed by atoms with Gasteiger partial charge in [-0.05, 0) is 0 Å². The molecule has 8 heteroatoms. The van der Waals surface area contributed by atoms with E-state index in [1.807, 2.05) is 0 Å². The quantitative estimate of drug-likeness (QED) is 0.215. The first-order chi connectivity index (χ1) is 2.00. The summed E-state index contributed by atoms with van der Waals surface area (Å²) in [5.74, 6) is 0. The summed E-state index contributed by atoms with van der Waals surface area (Å²) in [5.41, 5.74) is 0. The first-order valence-electron chi connectivity index (χ1n) is 0.683. The van der Waals surface area contributed by atoms with Gasteiger partial charge in [-0.3, -0.25) is 4.55 Å². The molecule has 5 nitrogen and oxygen atoms in total. The summed E-state index contributed by atoms with van der Waals surface area (Å²) in [6, 6.07) is 0. The van der Waals surface area contributed by atoms with E-state index in [4.69, 9.17) is 17.5 Å². The summed E-state index contributed by atoms with van der Waals surface area (Å²) in [6.45, 7) is 0. The van der Waals surface area contributed by atoms with Crippen molar-refractivity contribution in [3.63, 3.8) is 0 Å². The second-order valence-corrected chi connectivity index (χ2v) is 1.28. The van der Waals surface area contributed by atoms with Crippen molar-refractivity contribution in [1.29, 1.82) is 0 Å². The van der Waals surface area contributed by atoms with E-state index in [0.29, 0.717) is 0 Å². The van der Waals surface area contributed by atoms with Crippen LogP contribution in [0, 0.1) is 0 Å². The largest absolute Gasteiger partial charge is 1.00 e.